The van der Waals surface area contributed by atoms with Gasteiger partial charge in [-0.15, -0.1) is 0 Å². The maximum atomic E-state index is 5.73. The van der Waals surface area contributed by atoms with Crippen molar-refractivity contribution in [1.29, 1.82) is 0 Å². The van der Waals surface area contributed by atoms with Crippen LogP contribution in [-0.2, 0) is 6.54 Å². The van der Waals surface area contributed by atoms with Gasteiger partial charge in [-0.3, -0.25) is 4.68 Å². The van der Waals surface area contributed by atoms with Crippen LogP contribution in [0.25, 0.3) is 0 Å². The SMILES string of the molecule is CCCNC(C)c1ccnc(Oc2cnn(CC)c2)c1. The van der Waals surface area contributed by atoms with Crippen LogP contribution >= 0.6 is 0 Å². The minimum atomic E-state index is 0.290. The Morgan fingerprint density at radius 2 is 2.25 bits per heavy atom. The molecule has 2 aromatic rings. The number of aryl methyl sites for hydroxylation is 1. The van der Waals surface area contributed by atoms with E-state index in [1.807, 2.05) is 29.9 Å². The molecule has 2 heterocycles. The third-order valence-corrected chi connectivity index (χ3v) is 3.12. The molecule has 0 aliphatic rings. The lowest BCUT2D eigenvalue weighted by Gasteiger charge is -2.14. The van der Waals surface area contributed by atoms with Crippen LogP contribution in [0.1, 0.15) is 38.8 Å². The van der Waals surface area contributed by atoms with E-state index in [9.17, 15) is 0 Å². The summed E-state index contributed by atoms with van der Waals surface area (Å²) in [4.78, 5) is 4.25. The van der Waals surface area contributed by atoms with Crippen LogP contribution in [0.4, 0.5) is 0 Å². The van der Waals surface area contributed by atoms with Crippen LogP contribution in [0.5, 0.6) is 11.6 Å². The molecule has 1 unspecified atom stereocenters. The number of rotatable bonds is 7. The minimum Gasteiger partial charge on any atom is -0.436 e. The van der Waals surface area contributed by atoms with Gasteiger partial charge in [0, 0.05) is 24.8 Å². The van der Waals surface area contributed by atoms with Gasteiger partial charge in [0.2, 0.25) is 5.88 Å². The van der Waals surface area contributed by atoms with Crippen molar-refractivity contribution in [2.75, 3.05) is 6.54 Å². The molecule has 1 N–H and O–H groups in total. The highest BCUT2D eigenvalue weighted by Gasteiger charge is 2.07. The van der Waals surface area contributed by atoms with Crippen LogP contribution in [0.3, 0.4) is 0 Å². The van der Waals surface area contributed by atoms with Crippen molar-refractivity contribution in [2.45, 2.75) is 39.8 Å². The van der Waals surface area contributed by atoms with E-state index >= 15 is 0 Å². The zero-order valence-corrected chi connectivity index (χ0v) is 12.3. The lowest BCUT2D eigenvalue weighted by atomic mass is 10.1. The van der Waals surface area contributed by atoms with E-state index in [1.165, 1.54) is 5.56 Å². The molecule has 20 heavy (non-hydrogen) atoms. The normalized spacial score (nSPS) is 12.3. The fourth-order valence-electron chi connectivity index (χ4n) is 1.92. The van der Waals surface area contributed by atoms with Gasteiger partial charge in [0.15, 0.2) is 5.75 Å². The molecule has 0 saturated carbocycles. The molecule has 0 aliphatic heterocycles. The van der Waals surface area contributed by atoms with E-state index in [-0.39, 0.29) is 0 Å². The smallest absolute Gasteiger partial charge is 0.219 e. The molecular weight excluding hydrogens is 252 g/mol. The highest BCUT2D eigenvalue weighted by Crippen LogP contribution is 2.21. The van der Waals surface area contributed by atoms with Crippen molar-refractivity contribution in [1.82, 2.24) is 20.1 Å². The Labute approximate surface area is 120 Å². The van der Waals surface area contributed by atoms with E-state index in [0.29, 0.717) is 17.7 Å². The molecule has 2 aromatic heterocycles. The van der Waals surface area contributed by atoms with Crippen LogP contribution in [0.15, 0.2) is 30.7 Å². The molecule has 0 spiro atoms. The van der Waals surface area contributed by atoms with Gasteiger partial charge in [-0.1, -0.05) is 6.92 Å². The highest BCUT2D eigenvalue weighted by molar-refractivity contribution is 5.27. The van der Waals surface area contributed by atoms with Crippen LogP contribution < -0.4 is 10.1 Å². The molecule has 0 saturated heterocycles. The standard InChI is InChI=1S/C15H22N4O/c1-4-7-16-12(3)13-6-8-17-15(9-13)20-14-10-18-19(5-2)11-14/h6,8-12,16H,4-5,7H2,1-3H3. The van der Waals surface area contributed by atoms with Crippen LogP contribution in [0, 0.1) is 0 Å². The van der Waals surface area contributed by atoms with E-state index in [4.69, 9.17) is 4.74 Å². The molecule has 0 amide bonds. The molecule has 5 heteroatoms. The Hall–Kier alpha value is -1.88. The minimum absolute atomic E-state index is 0.290. The van der Waals surface area contributed by atoms with Crippen molar-refractivity contribution in [3.8, 4) is 11.6 Å². The summed E-state index contributed by atoms with van der Waals surface area (Å²) in [6.45, 7) is 8.17. The fourth-order valence-corrected chi connectivity index (χ4v) is 1.92. The molecule has 0 fully saturated rings. The molecule has 0 radical (unpaired) electrons. The van der Waals surface area contributed by atoms with E-state index in [0.717, 1.165) is 19.5 Å². The lowest BCUT2D eigenvalue weighted by molar-refractivity contribution is 0.458. The first-order valence-electron chi connectivity index (χ1n) is 7.12. The monoisotopic (exact) mass is 274 g/mol. The molecule has 0 bridgehead atoms. The first-order valence-corrected chi connectivity index (χ1v) is 7.12. The Kier molecular flexibility index (Phi) is 5.12. The van der Waals surface area contributed by atoms with Gasteiger partial charge in [0.1, 0.15) is 0 Å². The lowest BCUT2D eigenvalue weighted by Crippen LogP contribution is -2.19. The molecule has 2 rings (SSSR count). The Bertz CT molecular complexity index is 538. The molecule has 0 aromatic carbocycles. The summed E-state index contributed by atoms with van der Waals surface area (Å²) in [5.41, 5.74) is 1.17. The zero-order chi connectivity index (χ0) is 14.4. The predicted octanol–water partition coefficient (Wildman–Crippen LogP) is 3.15. The number of nitrogens with one attached hydrogen (secondary N) is 1. The Morgan fingerprint density at radius 1 is 1.40 bits per heavy atom. The average Bonchev–Trinajstić information content (AvgIpc) is 2.92. The first-order chi connectivity index (χ1) is 9.72. The van der Waals surface area contributed by atoms with Crippen molar-refractivity contribution in [2.24, 2.45) is 0 Å². The first kappa shape index (κ1) is 14.5. The van der Waals surface area contributed by atoms with Gasteiger partial charge in [-0.05, 0) is 38.4 Å². The second-order valence-corrected chi connectivity index (χ2v) is 4.74. The van der Waals surface area contributed by atoms with E-state index < -0.39 is 0 Å². The summed E-state index contributed by atoms with van der Waals surface area (Å²) in [6, 6.07) is 4.27. The van der Waals surface area contributed by atoms with Gasteiger partial charge in [0.25, 0.3) is 0 Å². The maximum absolute atomic E-state index is 5.73. The molecule has 108 valence electrons. The third kappa shape index (κ3) is 3.81. The summed E-state index contributed by atoms with van der Waals surface area (Å²) in [5.74, 6) is 1.31. The van der Waals surface area contributed by atoms with Crippen molar-refractivity contribution in [3.05, 3.63) is 36.3 Å². The number of ether oxygens (including phenoxy) is 1. The van der Waals surface area contributed by atoms with Gasteiger partial charge >= 0.3 is 0 Å². The topological polar surface area (TPSA) is 52.0 Å². The number of nitrogens with zero attached hydrogens (tertiary/aromatic N) is 3. The average molecular weight is 274 g/mol. The Morgan fingerprint density at radius 3 is 2.95 bits per heavy atom. The van der Waals surface area contributed by atoms with Gasteiger partial charge in [0.05, 0.1) is 12.4 Å². The predicted molar refractivity (Wildman–Crippen MR) is 78.9 cm³/mol. The quantitative estimate of drug-likeness (QED) is 0.842. The van der Waals surface area contributed by atoms with E-state index in [1.54, 1.807) is 12.4 Å². The molecule has 0 aliphatic carbocycles. The van der Waals surface area contributed by atoms with E-state index in [2.05, 4.69) is 29.2 Å². The largest absolute Gasteiger partial charge is 0.436 e. The summed E-state index contributed by atoms with van der Waals surface area (Å²) in [7, 11) is 0. The van der Waals surface area contributed by atoms with Crippen molar-refractivity contribution in [3.63, 3.8) is 0 Å². The number of hydrogen-bond donors (Lipinski definition) is 1. The summed E-state index contributed by atoms with van der Waals surface area (Å²) in [5, 5.41) is 7.63. The van der Waals surface area contributed by atoms with Gasteiger partial charge < -0.3 is 10.1 Å². The highest BCUT2D eigenvalue weighted by atomic mass is 16.5. The summed E-state index contributed by atoms with van der Waals surface area (Å²) < 4.78 is 7.56. The number of hydrogen-bond acceptors (Lipinski definition) is 4. The molecule has 5 nitrogen and oxygen atoms in total. The van der Waals surface area contributed by atoms with Gasteiger partial charge in [-0.2, -0.15) is 5.10 Å². The van der Waals surface area contributed by atoms with Gasteiger partial charge in [-0.25, -0.2) is 4.98 Å². The van der Waals surface area contributed by atoms with Crippen LogP contribution in [-0.4, -0.2) is 21.3 Å². The molecular formula is C15H22N4O. The Balaban J connectivity index is 2.05. The summed E-state index contributed by atoms with van der Waals surface area (Å²) >= 11 is 0. The molecule has 1 atom stereocenters. The van der Waals surface area contributed by atoms with Crippen LogP contribution in [0.2, 0.25) is 0 Å². The number of aromatic nitrogens is 3. The van der Waals surface area contributed by atoms with Crippen molar-refractivity contribution < 1.29 is 4.74 Å². The second kappa shape index (κ2) is 7.05. The zero-order valence-electron chi connectivity index (χ0n) is 12.3. The van der Waals surface area contributed by atoms with Crippen molar-refractivity contribution >= 4 is 0 Å². The maximum Gasteiger partial charge on any atom is 0.219 e. The number of pyridine rings is 1. The summed E-state index contributed by atoms with van der Waals surface area (Å²) in [6.07, 6.45) is 6.47. The fraction of sp³-hybridized carbons (Fsp3) is 0.467. The third-order valence-electron chi connectivity index (χ3n) is 3.12. The second-order valence-electron chi connectivity index (χ2n) is 4.74.